The van der Waals surface area contributed by atoms with Crippen molar-refractivity contribution in [2.75, 3.05) is 19.5 Å². The van der Waals surface area contributed by atoms with Crippen molar-refractivity contribution in [3.05, 3.63) is 71.6 Å². The van der Waals surface area contributed by atoms with Crippen molar-refractivity contribution < 1.29 is 14.3 Å². The molecule has 0 aliphatic carbocycles. The first-order valence-corrected chi connectivity index (χ1v) is 10.1. The SMILES string of the molecule is COc1cc(/C=C/C(=O)Nc2ccc(Sc3nc(C)cc(C)n3)cc2)cc(OC)c1. The van der Waals surface area contributed by atoms with Crippen LogP contribution in [0.5, 0.6) is 11.5 Å². The number of methoxy groups -OCH3 is 2. The van der Waals surface area contributed by atoms with Crippen LogP contribution in [0.25, 0.3) is 6.08 Å². The van der Waals surface area contributed by atoms with Gasteiger partial charge in [-0.05, 0) is 79.7 Å². The van der Waals surface area contributed by atoms with Crippen molar-refractivity contribution in [3.8, 4) is 11.5 Å². The highest BCUT2D eigenvalue weighted by Crippen LogP contribution is 2.26. The minimum atomic E-state index is -0.227. The van der Waals surface area contributed by atoms with Gasteiger partial charge in [-0.3, -0.25) is 4.79 Å². The lowest BCUT2D eigenvalue weighted by molar-refractivity contribution is -0.111. The second-order valence-corrected chi connectivity index (χ2v) is 7.57. The Morgan fingerprint density at radius 3 is 2.10 bits per heavy atom. The molecule has 0 aliphatic rings. The third kappa shape index (κ3) is 6.09. The fraction of sp³-hybridized carbons (Fsp3) is 0.174. The second kappa shape index (κ2) is 9.93. The van der Waals surface area contributed by atoms with Gasteiger partial charge in [0, 0.05) is 34.1 Å². The summed E-state index contributed by atoms with van der Waals surface area (Å²) in [6.07, 6.45) is 3.18. The smallest absolute Gasteiger partial charge is 0.248 e. The van der Waals surface area contributed by atoms with E-state index < -0.39 is 0 Å². The lowest BCUT2D eigenvalue weighted by Crippen LogP contribution is -2.07. The first-order valence-electron chi connectivity index (χ1n) is 9.27. The van der Waals surface area contributed by atoms with Gasteiger partial charge in [0.05, 0.1) is 14.2 Å². The normalized spacial score (nSPS) is 10.8. The molecule has 0 fully saturated rings. The highest BCUT2D eigenvalue weighted by atomic mass is 32.2. The monoisotopic (exact) mass is 421 g/mol. The Bertz CT molecular complexity index is 1020. The number of ether oxygens (including phenoxy) is 2. The molecule has 0 saturated heterocycles. The number of amides is 1. The summed E-state index contributed by atoms with van der Waals surface area (Å²) in [7, 11) is 3.17. The fourth-order valence-corrected chi connectivity index (χ4v) is 3.59. The van der Waals surface area contributed by atoms with Crippen molar-refractivity contribution in [2.24, 2.45) is 0 Å². The predicted molar refractivity (Wildman–Crippen MR) is 119 cm³/mol. The predicted octanol–water partition coefficient (Wildman–Crippen LogP) is 4.91. The average molecular weight is 422 g/mol. The summed E-state index contributed by atoms with van der Waals surface area (Å²) in [4.78, 5) is 22.1. The third-order valence-electron chi connectivity index (χ3n) is 4.09. The lowest BCUT2D eigenvalue weighted by Gasteiger charge is -2.06. The summed E-state index contributed by atoms with van der Waals surface area (Å²) < 4.78 is 10.5. The van der Waals surface area contributed by atoms with Crippen molar-refractivity contribution in [2.45, 2.75) is 23.9 Å². The number of anilines is 1. The maximum absolute atomic E-state index is 12.3. The van der Waals surface area contributed by atoms with Gasteiger partial charge in [-0.25, -0.2) is 9.97 Å². The largest absolute Gasteiger partial charge is 0.497 e. The Kier molecular flexibility index (Phi) is 7.08. The summed E-state index contributed by atoms with van der Waals surface area (Å²) in [5.41, 5.74) is 3.39. The Labute approximate surface area is 180 Å². The summed E-state index contributed by atoms with van der Waals surface area (Å²) in [6.45, 7) is 3.90. The van der Waals surface area contributed by atoms with Crippen molar-refractivity contribution in [1.29, 1.82) is 0 Å². The van der Waals surface area contributed by atoms with E-state index in [-0.39, 0.29) is 5.91 Å². The highest BCUT2D eigenvalue weighted by molar-refractivity contribution is 7.99. The molecule has 7 heteroatoms. The van der Waals surface area contributed by atoms with E-state index in [9.17, 15) is 4.79 Å². The van der Waals surface area contributed by atoms with Crippen molar-refractivity contribution in [1.82, 2.24) is 9.97 Å². The number of hydrogen-bond acceptors (Lipinski definition) is 6. The van der Waals surface area contributed by atoms with Crippen LogP contribution in [-0.2, 0) is 4.79 Å². The quantitative estimate of drug-likeness (QED) is 0.431. The van der Waals surface area contributed by atoms with Gasteiger partial charge in [-0.15, -0.1) is 0 Å². The van der Waals surface area contributed by atoms with Gasteiger partial charge in [-0.2, -0.15) is 0 Å². The zero-order chi connectivity index (χ0) is 21.5. The number of carbonyl (C=O) groups is 1. The van der Waals surface area contributed by atoms with E-state index in [4.69, 9.17) is 9.47 Å². The average Bonchev–Trinajstić information content (AvgIpc) is 2.72. The Morgan fingerprint density at radius 1 is 0.933 bits per heavy atom. The van der Waals surface area contributed by atoms with Crippen molar-refractivity contribution in [3.63, 3.8) is 0 Å². The summed E-state index contributed by atoms with van der Waals surface area (Å²) in [6, 6.07) is 14.9. The molecule has 0 radical (unpaired) electrons. The number of nitrogens with zero attached hydrogens (tertiary/aromatic N) is 2. The van der Waals surface area contributed by atoms with E-state index >= 15 is 0 Å². The number of aryl methyl sites for hydroxylation is 2. The molecular weight excluding hydrogens is 398 g/mol. The van der Waals surface area contributed by atoms with Crippen LogP contribution in [0.1, 0.15) is 17.0 Å². The topological polar surface area (TPSA) is 73.3 Å². The summed E-state index contributed by atoms with van der Waals surface area (Å²) in [5.74, 6) is 1.10. The van der Waals surface area contributed by atoms with Gasteiger partial charge in [0.15, 0.2) is 5.16 Å². The van der Waals surface area contributed by atoms with E-state index in [1.54, 1.807) is 26.4 Å². The third-order valence-corrected chi connectivity index (χ3v) is 4.97. The fourth-order valence-electron chi connectivity index (χ4n) is 2.73. The first-order chi connectivity index (χ1) is 14.4. The molecule has 154 valence electrons. The minimum Gasteiger partial charge on any atom is -0.497 e. The van der Waals surface area contributed by atoms with Crippen LogP contribution in [0.3, 0.4) is 0 Å². The zero-order valence-corrected chi connectivity index (χ0v) is 18.1. The minimum absolute atomic E-state index is 0.227. The maximum atomic E-state index is 12.3. The van der Waals surface area contributed by atoms with Crippen LogP contribution < -0.4 is 14.8 Å². The Hall–Kier alpha value is -3.32. The molecule has 30 heavy (non-hydrogen) atoms. The van der Waals surface area contributed by atoms with Gasteiger partial charge in [-0.1, -0.05) is 0 Å². The van der Waals surface area contributed by atoms with E-state index in [0.29, 0.717) is 22.3 Å². The molecule has 0 unspecified atom stereocenters. The Morgan fingerprint density at radius 2 is 1.53 bits per heavy atom. The molecule has 2 aromatic carbocycles. The molecule has 6 nitrogen and oxygen atoms in total. The van der Waals surface area contributed by atoms with Gasteiger partial charge < -0.3 is 14.8 Å². The Balaban J connectivity index is 1.62. The molecule has 0 atom stereocenters. The molecule has 3 rings (SSSR count). The van der Waals surface area contributed by atoms with Gasteiger partial charge in [0.1, 0.15) is 11.5 Å². The molecule has 0 bridgehead atoms. The molecular formula is C23H23N3O3S. The zero-order valence-electron chi connectivity index (χ0n) is 17.3. The van der Waals surface area contributed by atoms with Crippen LogP contribution >= 0.6 is 11.8 Å². The van der Waals surface area contributed by atoms with Crippen LogP contribution in [0, 0.1) is 13.8 Å². The second-order valence-electron chi connectivity index (χ2n) is 6.53. The lowest BCUT2D eigenvalue weighted by atomic mass is 10.2. The molecule has 0 saturated carbocycles. The molecule has 1 aromatic heterocycles. The van der Waals surface area contributed by atoms with E-state index in [1.807, 2.05) is 56.3 Å². The van der Waals surface area contributed by atoms with Crippen LogP contribution in [-0.4, -0.2) is 30.1 Å². The van der Waals surface area contributed by atoms with E-state index in [2.05, 4.69) is 15.3 Å². The van der Waals surface area contributed by atoms with Gasteiger partial charge in [0.2, 0.25) is 5.91 Å². The number of hydrogen-bond donors (Lipinski definition) is 1. The number of carbonyl (C=O) groups excluding carboxylic acids is 1. The maximum Gasteiger partial charge on any atom is 0.248 e. The summed E-state index contributed by atoms with van der Waals surface area (Å²) >= 11 is 1.49. The number of rotatable bonds is 7. The number of benzene rings is 2. The molecule has 1 heterocycles. The molecule has 3 aromatic rings. The van der Waals surface area contributed by atoms with E-state index in [1.165, 1.54) is 17.8 Å². The van der Waals surface area contributed by atoms with Crippen LogP contribution in [0.15, 0.2) is 64.7 Å². The summed E-state index contributed by atoms with van der Waals surface area (Å²) in [5, 5.41) is 3.56. The molecule has 0 spiro atoms. The highest BCUT2D eigenvalue weighted by Gasteiger charge is 2.05. The van der Waals surface area contributed by atoms with Crippen LogP contribution in [0.4, 0.5) is 5.69 Å². The van der Waals surface area contributed by atoms with Crippen molar-refractivity contribution >= 4 is 29.4 Å². The van der Waals surface area contributed by atoms with Gasteiger partial charge >= 0.3 is 0 Å². The molecule has 1 N–H and O–H groups in total. The molecule has 0 aliphatic heterocycles. The first kappa shape index (κ1) is 21.4. The molecule has 1 amide bonds. The number of aromatic nitrogens is 2. The number of nitrogens with one attached hydrogen (secondary N) is 1. The van der Waals surface area contributed by atoms with Crippen LogP contribution in [0.2, 0.25) is 0 Å². The van der Waals surface area contributed by atoms with Gasteiger partial charge in [0.25, 0.3) is 0 Å². The van der Waals surface area contributed by atoms with E-state index in [0.717, 1.165) is 21.8 Å². The standard InChI is InChI=1S/C23H23N3O3S/c1-15-11-16(2)25-23(24-15)30-21-8-6-18(7-9-21)26-22(27)10-5-17-12-19(28-3)14-20(13-17)29-4/h5-14H,1-4H3,(H,26,27)/b10-5+.